The van der Waals surface area contributed by atoms with Crippen LogP contribution < -0.4 is 5.32 Å². The summed E-state index contributed by atoms with van der Waals surface area (Å²) in [5, 5.41) is 7.01. The van der Waals surface area contributed by atoms with E-state index in [-0.39, 0.29) is 41.9 Å². The second-order valence-electron chi connectivity index (χ2n) is 10.3. The molecule has 0 radical (unpaired) electrons. The molecule has 2 aliphatic rings. The predicted octanol–water partition coefficient (Wildman–Crippen LogP) is 5.07. The first-order valence-electron chi connectivity index (χ1n) is 13.0. The van der Waals surface area contributed by atoms with Gasteiger partial charge in [-0.15, -0.1) is 0 Å². The minimum atomic E-state index is -4.53. The fraction of sp³-hybridized carbons (Fsp3) is 0.407. The van der Waals surface area contributed by atoms with Gasteiger partial charge in [-0.25, -0.2) is 4.39 Å². The molecule has 4 aromatic rings. The van der Waals surface area contributed by atoms with Crippen molar-refractivity contribution in [2.45, 2.75) is 50.7 Å². The van der Waals surface area contributed by atoms with Gasteiger partial charge in [0.2, 0.25) is 11.7 Å². The number of rotatable bonds is 7. The van der Waals surface area contributed by atoms with Gasteiger partial charge < -0.3 is 23.9 Å². The molecular weight excluding hydrogens is 530 g/mol. The van der Waals surface area contributed by atoms with Crippen molar-refractivity contribution in [3.8, 4) is 11.5 Å². The molecule has 210 valence electrons. The normalized spacial score (nSPS) is 19.5. The zero-order chi connectivity index (χ0) is 28.0. The maximum Gasteiger partial charge on any atom is 0.406 e. The zero-order valence-electron chi connectivity index (χ0n) is 21.7. The van der Waals surface area contributed by atoms with Crippen LogP contribution in [-0.2, 0) is 13.1 Å². The molecule has 1 saturated carbocycles. The number of hydrogen-bond acceptors (Lipinski definition) is 6. The molecule has 1 atom stereocenters. The van der Waals surface area contributed by atoms with Gasteiger partial charge in [-0.2, -0.15) is 18.2 Å². The van der Waals surface area contributed by atoms with E-state index in [2.05, 4.69) is 20.4 Å². The maximum absolute atomic E-state index is 14.6. The topological polar surface area (TPSA) is 93.5 Å². The van der Waals surface area contributed by atoms with Gasteiger partial charge in [0.05, 0.1) is 34.7 Å². The van der Waals surface area contributed by atoms with Gasteiger partial charge >= 0.3 is 6.18 Å². The Balaban J connectivity index is 1.28. The first kappa shape index (κ1) is 26.2. The summed E-state index contributed by atoms with van der Waals surface area (Å²) in [5.74, 6) is -0.346. The quantitative estimate of drug-likeness (QED) is 0.321. The first-order valence-corrected chi connectivity index (χ1v) is 13.0. The molecule has 0 spiro atoms. The average Bonchev–Trinajstić information content (AvgIpc) is 3.29. The highest BCUT2D eigenvalue weighted by Crippen LogP contribution is 2.36. The van der Waals surface area contributed by atoms with Crippen LogP contribution >= 0.6 is 0 Å². The van der Waals surface area contributed by atoms with E-state index in [1.807, 2.05) is 22.7 Å². The van der Waals surface area contributed by atoms with Crippen LogP contribution in [0.2, 0.25) is 0 Å². The van der Waals surface area contributed by atoms with Crippen LogP contribution in [0.5, 0.6) is 0 Å². The van der Waals surface area contributed by atoms with E-state index >= 15 is 0 Å². The van der Waals surface area contributed by atoms with Crippen LogP contribution in [0.25, 0.3) is 22.4 Å². The van der Waals surface area contributed by atoms with E-state index in [1.54, 1.807) is 30.5 Å². The Labute approximate surface area is 226 Å². The van der Waals surface area contributed by atoms with Crippen molar-refractivity contribution in [2.24, 2.45) is 4.99 Å². The summed E-state index contributed by atoms with van der Waals surface area (Å²) in [6.07, 6.45) is 0.458. The number of alkyl halides is 4. The van der Waals surface area contributed by atoms with Crippen molar-refractivity contribution in [3.05, 3.63) is 54.2 Å². The van der Waals surface area contributed by atoms with Gasteiger partial charge in [0.15, 0.2) is 6.17 Å². The van der Waals surface area contributed by atoms with Gasteiger partial charge in [0.1, 0.15) is 6.54 Å². The molecule has 40 heavy (non-hydrogen) atoms. The third kappa shape index (κ3) is 5.51. The molecule has 3 aromatic heterocycles. The molecule has 0 bridgehead atoms. The number of amides is 1. The van der Waals surface area contributed by atoms with Crippen molar-refractivity contribution >= 4 is 28.2 Å². The van der Waals surface area contributed by atoms with Crippen molar-refractivity contribution in [1.82, 2.24) is 29.5 Å². The lowest BCUT2D eigenvalue weighted by Crippen LogP contribution is -2.39. The van der Waals surface area contributed by atoms with Crippen molar-refractivity contribution in [3.63, 3.8) is 0 Å². The summed E-state index contributed by atoms with van der Waals surface area (Å²) >= 11 is 0. The number of hydrogen-bond donors (Lipinski definition) is 1. The highest BCUT2D eigenvalue weighted by atomic mass is 19.4. The summed E-state index contributed by atoms with van der Waals surface area (Å²) < 4.78 is 63.8. The Kier molecular flexibility index (Phi) is 6.69. The van der Waals surface area contributed by atoms with Crippen molar-refractivity contribution in [1.29, 1.82) is 0 Å². The molecule has 6 rings (SSSR count). The molecule has 1 amide bonds. The smallest absolute Gasteiger partial charge is 0.350 e. The highest BCUT2D eigenvalue weighted by molar-refractivity contribution is 5.99. The van der Waals surface area contributed by atoms with Gasteiger partial charge in [0, 0.05) is 43.3 Å². The van der Waals surface area contributed by atoms with Gasteiger partial charge in [-0.1, -0.05) is 11.2 Å². The third-order valence-electron chi connectivity index (χ3n) is 7.15. The fourth-order valence-electron chi connectivity index (χ4n) is 4.95. The summed E-state index contributed by atoms with van der Waals surface area (Å²) in [5.41, 5.74) is 1.56. The Morgan fingerprint density at radius 3 is 2.83 bits per heavy atom. The minimum absolute atomic E-state index is 0.0425. The van der Waals surface area contributed by atoms with Gasteiger partial charge in [-0.3, -0.25) is 9.79 Å². The zero-order valence-corrected chi connectivity index (χ0v) is 21.7. The van der Waals surface area contributed by atoms with E-state index in [4.69, 9.17) is 4.52 Å². The Bertz CT molecular complexity index is 1580. The molecule has 13 heteroatoms. The molecular formula is C27H27F4N7O2. The van der Waals surface area contributed by atoms with Crippen molar-refractivity contribution in [2.75, 3.05) is 20.1 Å². The number of fused-ring (bicyclic) bond motifs is 1. The van der Waals surface area contributed by atoms with E-state index < -0.39 is 18.9 Å². The lowest BCUT2D eigenvalue weighted by atomic mass is 10.1. The SMILES string of the molecule is CN1CCC(=Nc2cccc3c2cc(-c2noc(CNC(=O)c4ccn(C5CC5)c4)n2)n3CC(F)(F)F)[C@@H](F)C1. The number of aromatic nitrogens is 4. The minimum Gasteiger partial charge on any atom is -0.350 e. The number of carbonyl (C=O) groups excluding carboxylic acids is 1. The molecule has 1 saturated heterocycles. The standard InChI is InChI=1S/C27H27F4N7O2/c1-36-9-8-21(19(28)14-36)33-20-3-2-4-22-18(20)11-23(38(22)15-27(29,30)31)25-34-24(40-35-25)12-32-26(39)16-7-10-37(13-16)17-5-6-17/h2-4,7,10-11,13,17,19H,5-6,8-9,12,14-15H2,1H3,(H,32,39)/t19-/m0/s1. The van der Waals surface area contributed by atoms with Gasteiger partial charge in [0.25, 0.3) is 5.91 Å². The maximum atomic E-state index is 14.6. The summed E-state index contributed by atoms with van der Waals surface area (Å²) in [7, 11) is 1.82. The largest absolute Gasteiger partial charge is 0.406 e. The first-order chi connectivity index (χ1) is 19.1. The molecule has 2 fully saturated rings. The second kappa shape index (κ2) is 10.2. The number of halogens is 4. The Morgan fingerprint density at radius 2 is 2.08 bits per heavy atom. The van der Waals surface area contributed by atoms with E-state index in [0.29, 0.717) is 41.4 Å². The number of aliphatic imine (C=N–C) groups is 1. The molecule has 9 nitrogen and oxygen atoms in total. The number of nitrogens with one attached hydrogen (secondary N) is 1. The number of piperidine rings is 1. The summed E-state index contributed by atoms with van der Waals surface area (Å²) in [4.78, 5) is 23.2. The van der Waals surface area contributed by atoms with Crippen LogP contribution in [0, 0.1) is 0 Å². The average molecular weight is 558 g/mol. The van der Waals surface area contributed by atoms with Gasteiger partial charge in [-0.05, 0) is 44.2 Å². The predicted molar refractivity (Wildman–Crippen MR) is 139 cm³/mol. The molecule has 0 unspecified atom stereocenters. The Morgan fingerprint density at radius 1 is 1.25 bits per heavy atom. The molecule has 1 aromatic carbocycles. The van der Waals surface area contributed by atoms with Crippen LogP contribution in [0.15, 0.2) is 52.2 Å². The van der Waals surface area contributed by atoms with Crippen LogP contribution in [-0.4, -0.2) is 68.3 Å². The molecule has 1 aliphatic carbocycles. The molecule has 4 heterocycles. The molecule has 1 aliphatic heterocycles. The number of nitrogens with zero attached hydrogens (tertiary/aromatic N) is 6. The Hall–Kier alpha value is -4.00. The molecule has 1 N–H and O–H groups in total. The second-order valence-corrected chi connectivity index (χ2v) is 10.3. The highest BCUT2D eigenvalue weighted by Gasteiger charge is 2.32. The van der Waals surface area contributed by atoms with E-state index in [9.17, 15) is 22.4 Å². The van der Waals surface area contributed by atoms with Crippen LogP contribution in [0.3, 0.4) is 0 Å². The third-order valence-corrected chi connectivity index (χ3v) is 7.15. The van der Waals surface area contributed by atoms with E-state index in [0.717, 1.165) is 17.4 Å². The lowest BCUT2D eigenvalue weighted by Gasteiger charge is -2.26. The lowest BCUT2D eigenvalue weighted by molar-refractivity contribution is -0.139. The van der Waals surface area contributed by atoms with Crippen molar-refractivity contribution < 1.29 is 26.9 Å². The van der Waals surface area contributed by atoms with E-state index in [1.165, 1.54) is 6.07 Å². The number of carbonyl (C=O) groups is 1. The monoisotopic (exact) mass is 557 g/mol. The number of benzene rings is 1. The number of likely N-dealkylation sites (tertiary alicyclic amines) is 1. The van der Waals surface area contributed by atoms with Crippen LogP contribution in [0.1, 0.15) is 41.6 Å². The van der Waals surface area contributed by atoms with Crippen LogP contribution in [0.4, 0.5) is 23.2 Å². The summed E-state index contributed by atoms with van der Waals surface area (Å²) in [6, 6.07) is 8.46. The fourth-order valence-corrected chi connectivity index (χ4v) is 4.95. The summed E-state index contributed by atoms with van der Waals surface area (Å²) in [6.45, 7) is -0.528.